The van der Waals surface area contributed by atoms with Crippen LogP contribution in [0.1, 0.15) is 0 Å². The molecule has 0 unspecified atom stereocenters. The molecule has 1 N–H and O–H groups in total. The molecule has 0 saturated heterocycles. The zero-order chi connectivity index (χ0) is 10.8. The summed E-state index contributed by atoms with van der Waals surface area (Å²) in [5, 5.41) is 9.08. The van der Waals surface area contributed by atoms with Gasteiger partial charge in [-0.2, -0.15) is 0 Å². The first-order valence-electron chi connectivity index (χ1n) is 4.41. The molecule has 15 heavy (non-hydrogen) atoms. The quantitative estimate of drug-likeness (QED) is 0.829. The van der Waals surface area contributed by atoms with Crippen molar-refractivity contribution in [3.63, 3.8) is 0 Å². The van der Waals surface area contributed by atoms with Crippen LogP contribution in [0.2, 0.25) is 0 Å². The first-order valence-corrected chi connectivity index (χ1v) is 5.20. The highest BCUT2D eigenvalue weighted by Gasteiger charge is 2.05. The zero-order valence-electron chi connectivity index (χ0n) is 7.74. The summed E-state index contributed by atoms with van der Waals surface area (Å²) < 4.78 is 14.4. The van der Waals surface area contributed by atoms with Crippen LogP contribution >= 0.6 is 15.9 Å². The van der Waals surface area contributed by atoms with E-state index in [1.165, 1.54) is 6.07 Å². The Bertz CT molecular complexity index is 479. The van der Waals surface area contributed by atoms with Gasteiger partial charge in [-0.25, -0.2) is 4.39 Å². The lowest BCUT2D eigenvalue weighted by atomic mass is 10.1. The lowest BCUT2D eigenvalue weighted by molar-refractivity contribution is 0.469. The van der Waals surface area contributed by atoms with Gasteiger partial charge in [-0.1, -0.05) is 28.1 Å². The number of hydrogen-bond acceptors (Lipinski definition) is 1. The smallest absolute Gasteiger partial charge is 0.134 e. The van der Waals surface area contributed by atoms with E-state index in [1.807, 2.05) is 24.3 Å². The van der Waals surface area contributed by atoms with Crippen molar-refractivity contribution in [3.05, 3.63) is 52.8 Å². The lowest BCUT2D eigenvalue weighted by Gasteiger charge is -2.03. The fourth-order valence-electron chi connectivity index (χ4n) is 1.37. The number of phenols is 1. The van der Waals surface area contributed by atoms with E-state index in [0.717, 1.165) is 16.1 Å². The molecule has 0 saturated carbocycles. The van der Waals surface area contributed by atoms with E-state index < -0.39 is 5.82 Å². The van der Waals surface area contributed by atoms with Crippen LogP contribution in [-0.2, 0) is 0 Å². The van der Waals surface area contributed by atoms with Crippen LogP contribution in [0.3, 0.4) is 0 Å². The summed E-state index contributed by atoms with van der Waals surface area (Å²) in [6.45, 7) is 0. The van der Waals surface area contributed by atoms with Crippen molar-refractivity contribution in [2.45, 2.75) is 0 Å². The highest BCUT2D eigenvalue weighted by Crippen LogP contribution is 2.26. The predicted octanol–water partition coefficient (Wildman–Crippen LogP) is 3.96. The minimum absolute atomic E-state index is 0.0617. The molecular formula is C12H8BrFO. The third kappa shape index (κ3) is 2.18. The Hall–Kier alpha value is -1.35. The molecule has 2 aromatic carbocycles. The van der Waals surface area contributed by atoms with E-state index >= 15 is 0 Å². The average Bonchev–Trinajstić information content (AvgIpc) is 2.20. The maximum Gasteiger partial charge on any atom is 0.134 e. The molecule has 0 heterocycles. The van der Waals surface area contributed by atoms with E-state index in [4.69, 9.17) is 5.11 Å². The second-order valence-electron chi connectivity index (χ2n) is 3.17. The standard InChI is InChI=1S/C12H8BrFO/c13-9-3-1-8(2-4-9)11-6-5-10(15)7-12(11)14/h1-7,15H. The third-order valence-electron chi connectivity index (χ3n) is 2.11. The number of hydrogen-bond donors (Lipinski definition) is 1. The minimum Gasteiger partial charge on any atom is -0.508 e. The van der Waals surface area contributed by atoms with Crippen molar-refractivity contribution in [1.82, 2.24) is 0 Å². The molecule has 0 atom stereocenters. The van der Waals surface area contributed by atoms with E-state index in [2.05, 4.69) is 15.9 Å². The van der Waals surface area contributed by atoms with Crippen molar-refractivity contribution in [3.8, 4) is 16.9 Å². The topological polar surface area (TPSA) is 20.2 Å². The van der Waals surface area contributed by atoms with Gasteiger partial charge in [-0.05, 0) is 29.8 Å². The van der Waals surface area contributed by atoms with Gasteiger partial charge in [0, 0.05) is 16.1 Å². The summed E-state index contributed by atoms with van der Waals surface area (Å²) in [4.78, 5) is 0. The first kappa shape index (κ1) is 10.2. The van der Waals surface area contributed by atoms with Crippen molar-refractivity contribution in [2.24, 2.45) is 0 Å². The maximum atomic E-state index is 13.5. The lowest BCUT2D eigenvalue weighted by Crippen LogP contribution is -1.83. The van der Waals surface area contributed by atoms with Crippen LogP contribution < -0.4 is 0 Å². The number of benzene rings is 2. The summed E-state index contributed by atoms with van der Waals surface area (Å²) in [7, 11) is 0. The van der Waals surface area contributed by atoms with Gasteiger partial charge >= 0.3 is 0 Å². The van der Waals surface area contributed by atoms with Crippen molar-refractivity contribution < 1.29 is 9.50 Å². The molecule has 0 radical (unpaired) electrons. The van der Waals surface area contributed by atoms with Gasteiger partial charge in [0.05, 0.1) is 0 Å². The molecule has 0 aliphatic heterocycles. The average molecular weight is 267 g/mol. The Morgan fingerprint density at radius 3 is 2.27 bits per heavy atom. The molecule has 0 aliphatic rings. The molecule has 2 rings (SSSR count). The zero-order valence-corrected chi connectivity index (χ0v) is 9.33. The summed E-state index contributed by atoms with van der Waals surface area (Å²) in [5.41, 5.74) is 1.27. The van der Waals surface area contributed by atoms with Gasteiger partial charge in [0.25, 0.3) is 0 Å². The SMILES string of the molecule is Oc1ccc(-c2ccc(Br)cc2)c(F)c1. The number of rotatable bonds is 1. The normalized spacial score (nSPS) is 10.3. The highest BCUT2D eigenvalue weighted by molar-refractivity contribution is 9.10. The monoisotopic (exact) mass is 266 g/mol. The molecule has 76 valence electrons. The molecule has 1 nitrogen and oxygen atoms in total. The second-order valence-corrected chi connectivity index (χ2v) is 4.09. The predicted molar refractivity (Wildman–Crippen MR) is 61.2 cm³/mol. The van der Waals surface area contributed by atoms with Gasteiger partial charge in [0.15, 0.2) is 0 Å². The van der Waals surface area contributed by atoms with E-state index in [1.54, 1.807) is 6.07 Å². The summed E-state index contributed by atoms with van der Waals surface area (Å²) in [6.07, 6.45) is 0. The molecule has 3 heteroatoms. The van der Waals surface area contributed by atoms with Gasteiger partial charge in [-0.15, -0.1) is 0 Å². The van der Waals surface area contributed by atoms with Crippen LogP contribution in [0.15, 0.2) is 46.9 Å². The van der Waals surface area contributed by atoms with Gasteiger partial charge in [0.2, 0.25) is 0 Å². The molecule has 0 amide bonds. The number of phenolic OH excluding ortho intramolecular Hbond substituents is 1. The van der Waals surface area contributed by atoms with Crippen molar-refractivity contribution >= 4 is 15.9 Å². The van der Waals surface area contributed by atoms with Gasteiger partial charge < -0.3 is 5.11 Å². The second kappa shape index (κ2) is 4.03. The first-order chi connectivity index (χ1) is 7.16. The van der Waals surface area contributed by atoms with Crippen LogP contribution in [0, 0.1) is 5.82 Å². The van der Waals surface area contributed by atoms with Crippen LogP contribution in [0.25, 0.3) is 11.1 Å². The maximum absolute atomic E-state index is 13.5. The molecule has 0 spiro atoms. The molecule has 0 bridgehead atoms. The number of aromatic hydroxyl groups is 1. The fraction of sp³-hybridized carbons (Fsp3) is 0. The summed E-state index contributed by atoms with van der Waals surface area (Å²) in [6, 6.07) is 11.5. The molecule has 0 fully saturated rings. The fourth-order valence-corrected chi connectivity index (χ4v) is 1.63. The van der Waals surface area contributed by atoms with Crippen LogP contribution in [0.5, 0.6) is 5.75 Å². The van der Waals surface area contributed by atoms with Gasteiger partial charge in [0.1, 0.15) is 11.6 Å². The highest BCUT2D eigenvalue weighted by atomic mass is 79.9. The Kier molecular flexibility index (Phi) is 2.73. The largest absolute Gasteiger partial charge is 0.508 e. The van der Waals surface area contributed by atoms with Crippen molar-refractivity contribution in [2.75, 3.05) is 0 Å². The summed E-state index contributed by atoms with van der Waals surface area (Å²) >= 11 is 3.31. The van der Waals surface area contributed by atoms with E-state index in [-0.39, 0.29) is 5.75 Å². The molecular weight excluding hydrogens is 259 g/mol. The van der Waals surface area contributed by atoms with Crippen LogP contribution in [0.4, 0.5) is 4.39 Å². The van der Waals surface area contributed by atoms with Crippen molar-refractivity contribution in [1.29, 1.82) is 0 Å². The van der Waals surface area contributed by atoms with Crippen LogP contribution in [-0.4, -0.2) is 5.11 Å². The Balaban J connectivity index is 2.49. The molecule has 0 aromatic heterocycles. The Morgan fingerprint density at radius 1 is 1.00 bits per heavy atom. The van der Waals surface area contributed by atoms with E-state index in [9.17, 15) is 4.39 Å². The Labute approximate surface area is 95.3 Å². The molecule has 0 aliphatic carbocycles. The van der Waals surface area contributed by atoms with E-state index in [0.29, 0.717) is 5.56 Å². The molecule has 2 aromatic rings. The van der Waals surface area contributed by atoms with Gasteiger partial charge in [-0.3, -0.25) is 0 Å². The third-order valence-corrected chi connectivity index (χ3v) is 2.64. The summed E-state index contributed by atoms with van der Waals surface area (Å²) in [5.74, 6) is -0.481. The minimum atomic E-state index is -0.419. The number of halogens is 2. The Morgan fingerprint density at radius 2 is 1.67 bits per heavy atom.